The number of aromatic nitrogens is 3. The summed E-state index contributed by atoms with van der Waals surface area (Å²) in [7, 11) is 0. The Morgan fingerprint density at radius 3 is 2.80 bits per heavy atom. The van der Waals surface area contributed by atoms with Crippen LogP contribution in [0.2, 0.25) is 0 Å². The minimum Gasteiger partial charge on any atom is -0.476 e. The van der Waals surface area contributed by atoms with Gasteiger partial charge in [-0.3, -0.25) is 0 Å². The van der Waals surface area contributed by atoms with Gasteiger partial charge in [0.05, 0.1) is 19.3 Å². The number of hydrogen-bond donors (Lipinski definition) is 3. The first-order chi connectivity index (χ1) is 9.61. The number of carbonyl (C=O) groups is 2. The van der Waals surface area contributed by atoms with Gasteiger partial charge in [-0.25, -0.2) is 14.3 Å². The van der Waals surface area contributed by atoms with Gasteiger partial charge in [-0.15, -0.1) is 5.10 Å². The maximum atomic E-state index is 11.9. The molecule has 1 aliphatic carbocycles. The summed E-state index contributed by atoms with van der Waals surface area (Å²) in [5.41, 5.74) is -0.129. The molecule has 9 heteroatoms. The first-order valence-electron chi connectivity index (χ1n) is 6.40. The van der Waals surface area contributed by atoms with Crippen LogP contribution in [0.25, 0.3) is 0 Å². The Balaban J connectivity index is 1.76. The van der Waals surface area contributed by atoms with Crippen LogP contribution in [0.4, 0.5) is 4.79 Å². The number of aliphatic hydroxyl groups is 1. The number of carboxylic acid groups (broad SMARTS) is 1. The summed E-state index contributed by atoms with van der Waals surface area (Å²) in [5, 5.41) is 27.4. The number of carboxylic acids is 1. The van der Waals surface area contributed by atoms with E-state index in [1.807, 2.05) is 0 Å². The van der Waals surface area contributed by atoms with Crippen molar-refractivity contribution in [3.63, 3.8) is 0 Å². The lowest BCUT2D eigenvalue weighted by molar-refractivity contribution is 0.0690. The third kappa shape index (κ3) is 3.67. The summed E-state index contributed by atoms with van der Waals surface area (Å²) < 4.78 is 1.36. The van der Waals surface area contributed by atoms with Crippen LogP contribution in [0.3, 0.4) is 0 Å². The summed E-state index contributed by atoms with van der Waals surface area (Å²) in [6, 6.07) is 0.00672. The predicted molar refractivity (Wildman–Crippen MR) is 67.2 cm³/mol. The fourth-order valence-corrected chi connectivity index (χ4v) is 1.83. The van der Waals surface area contributed by atoms with Crippen molar-refractivity contribution in [2.45, 2.75) is 25.4 Å². The van der Waals surface area contributed by atoms with Crippen molar-refractivity contribution in [3.8, 4) is 0 Å². The quantitative estimate of drug-likeness (QED) is 0.599. The number of carbonyl (C=O) groups excluding carboxylic acids is 1. The molecule has 1 heterocycles. The molecule has 0 aliphatic heterocycles. The largest absolute Gasteiger partial charge is 0.476 e. The van der Waals surface area contributed by atoms with Crippen LogP contribution < -0.4 is 5.32 Å². The molecule has 2 rings (SSSR count). The van der Waals surface area contributed by atoms with Gasteiger partial charge in [0.2, 0.25) is 0 Å². The zero-order chi connectivity index (χ0) is 14.5. The molecule has 1 aromatic heterocycles. The Morgan fingerprint density at radius 2 is 2.25 bits per heavy atom. The SMILES string of the molecule is O=C(O)c1cn(CCNC(=O)N(CCO)C2CC2)nn1. The van der Waals surface area contributed by atoms with Crippen LogP contribution in [0.5, 0.6) is 0 Å². The van der Waals surface area contributed by atoms with Crippen LogP contribution in [-0.4, -0.2) is 67.8 Å². The van der Waals surface area contributed by atoms with Gasteiger partial charge in [0.1, 0.15) is 0 Å². The predicted octanol–water partition coefficient (Wildman–Crippen LogP) is -0.857. The highest BCUT2D eigenvalue weighted by Crippen LogP contribution is 2.26. The summed E-state index contributed by atoms with van der Waals surface area (Å²) in [5.74, 6) is -1.14. The van der Waals surface area contributed by atoms with E-state index in [0.717, 1.165) is 12.8 Å². The van der Waals surface area contributed by atoms with Crippen LogP contribution in [-0.2, 0) is 6.54 Å². The normalized spacial score (nSPS) is 14.1. The molecule has 0 unspecified atom stereocenters. The molecule has 1 aromatic rings. The van der Waals surface area contributed by atoms with E-state index in [-0.39, 0.29) is 24.4 Å². The molecule has 2 amide bonds. The summed E-state index contributed by atoms with van der Waals surface area (Å²) in [6.07, 6.45) is 3.25. The summed E-state index contributed by atoms with van der Waals surface area (Å²) in [6.45, 7) is 0.914. The minimum atomic E-state index is -1.14. The molecule has 0 aromatic carbocycles. The lowest BCUT2D eigenvalue weighted by Crippen LogP contribution is -2.43. The van der Waals surface area contributed by atoms with Gasteiger partial charge in [0.25, 0.3) is 0 Å². The number of hydrogen-bond acceptors (Lipinski definition) is 5. The van der Waals surface area contributed by atoms with E-state index in [2.05, 4.69) is 15.6 Å². The van der Waals surface area contributed by atoms with Crippen molar-refractivity contribution in [2.24, 2.45) is 0 Å². The molecule has 1 fully saturated rings. The number of rotatable bonds is 7. The van der Waals surface area contributed by atoms with Gasteiger partial charge in [-0.1, -0.05) is 5.21 Å². The molecule has 20 heavy (non-hydrogen) atoms. The van der Waals surface area contributed by atoms with E-state index in [1.54, 1.807) is 4.90 Å². The Labute approximate surface area is 115 Å². The van der Waals surface area contributed by atoms with Crippen LogP contribution in [0.15, 0.2) is 6.20 Å². The second-order valence-electron chi connectivity index (χ2n) is 4.55. The van der Waals surface area contributed by atoms with Crippen molar-refractivity contribution >= 4 is 12.0 Å². The Kier molecular flexibility index (Phi) is 4.51. The molecule has 0 bridgehead atoms. The Hall–Kier alpha value is -2.16. The van der Waals surface area contributed by atoms with E-state index in [9.17, 15) is 9.59 Å². The Morgan fingerprint density at radius 1 is 1.50 bits per heavy atom. The molecule has 0 spiro atoms. The number of amides is 2. The minimum absolute atomic E-state index is 0.0605. The highest BCUT2D eigenvalue weighted by Gasteiger charge is 2.31. The molecule has 1 aliphatic rings. The molecule has 110 valence electrons. The van der Waals surface area contributed by atoms with Gasteiger partial charge < -0.3 is 20.4 Å². The highest BCUT2D eigenvalue weighted by molar-refractivity contribution is 5.84. The number of urea groups is 1. The number of nitrogens with zero attached hydrogens (tertiary/aromatic N) is 4. The molecular weight excluding hydrogens is 266 g/mol. The average molecular weight is 283 g/mol. The van der Waals surface area contributed by atoms with E-state index in [0.29, 0.717) is 19.6 Å². The second-order valence-corrected chi connectivity index (χ2v) is 4.55. The fraction of sp³-hybridized carbons (Fsp3) is 0.636. The molecular formula is C11H17N5O4. The van der Waals surface area contributed by atoms with Gasteiger partial charge in [0, 0.05) is 19.1 Å². The summed E-state index contributed by atoms with van der Waals surface area (Å²) >= 11 is 0. The number of aromatic carboxylic acids is 1. The third-order valence-electron chi connectivity index (χ3n) is 2.96. The third-order valence-corrected chi connectivity index (χ3v) is 2.96. The molecule has 3 N–H and O–H groups in total. The lowest BCUT2D eigenvalue weighted by atomic mass is 10.5. The number of nitrogens with one attached hydrogen (secondary N) is 1. The van der Waals surface area contributed by atoms with Crippen molar-refractivity contribution < 1.29 is 19.8 Å². The van der Waals surface area contributed by atoms with E-state index in [1.165, 1.54) is 10.9 Å². The van der Waals surface area contributed by atoms with Gasteiger partial charge in [-0.2, -0.15) is 0 Å². The van der Waals surface area contributed by atoms with E-state index >= 15 is 0 Å². The zero-order valence-electron chi connectivity index (χ0n) is 10.9. The van der Waals surface area contributed by atoms with Crippen LogP contribution in [0.1, 0.15) is 23.3 Å². The molecule has 0 atom stereocenters. The Bertz CT molecular complexity index is 485. The number of aliphatic hydroxyl groups excluding tert-OH is 1. The van der Waals surface area contributed by atoms with Crippen molar-refractivity contribution in [2.75, 3.05) is 19.7 Å². The standard InChI is InChI=1S/C11H17N5O4/c17-6-5-16(8-1-2-8)11(20)12-3-4-15-7-9(10(18)19)13-14-15/h7-8,17H,1-6H2,(H,12,20)(H,18,19). The van der Waals surface area contributed by atoms with Gasteiger partial charge in [-0.05, 0) is 12.8 Å². The molecule has 0 saturated heterocycles. The van der Waals surface area contributed by atoms with Crippen molar-refractivity contribution in [3.05, 3.63) is 11.9 Å². The molecule has 9 nitrogen and oxygen atoms in total. The maximum absolute atomic E-state index is 11.9. The van der Waals surface area contributed by atoms with Crippen LogP contribution in [0, 0.1) is 0 Å². The van der Waals surface area contributed by atoms with Gasteiger partial charge in [0.15, 0.2) is 5.69 Å². The van der Waals surface area contributed by atoms with Crippen molar-refractivity contribution in [1.82, 2.24) is 25.2 Å². The lowest BCUT2D eigenvalue weighted by Gasteiger charge is -2.21. The molecule has 1 saturated carbocycles. The van der Waals surface area contributed by atoms with E-state index in [4.69, 9.17) is 10.2 Å². The first-order valence-corrected chi connectivity index (χ1v) is 6.40. The topological polar surface area (TPSA) is 121 Å². The summed E-state index contributed by atoms with van der Waals surface area (Å²) in [4.78, 5) is 24.1. The molecule has 0 radical (unpaired) electrons. The van der Waals surface area contributed by atoms with Crippen LogP contribution >= 0.6 is 0 Å². The fourth-order valence-electron chi connectivity index (χ4n) is 1.83. The first kappa shape index (κ1) is 14.3. The smallest absolute Gasteiger partial charge is 0.358 e. The second kappa shape index (κ2) is 6.33. The maximum Gasteiger partial charge on any atom is 0.358 e. The van der Waals surface area contributed by atoms with Gasteiger partial charge >= 0.3 is 12.0 Å². The average Bonchev–Trinajstić information content (AvgIpc) is 3.13. The monoisotopic (exact) mass is 283 g/mol. The van der Waals surface area contributed by atoms with E-state index < -0.39 is 5.97 Å². The zero-order valence-corrected chi connectivity index (χ0v) is 10.9. The highest BCUT2D eigenvalue weighted by atomic mass is 16.4. The van der Waals surface area contributed by atoms with Crippen molar-refractivity contribution in [1.29, 1.82) is 0 Å².